The van der Waals surface area contributed by atoms with Crippen molar-refractivity contribution in [2.75, 3.05) is 18.5 Å². The van der Waals surface area contributed by atoms with Gasteiger partial charge in [0.25, 0.3) is 5.91 Å². The second-order valence-corrected chi connectivity index (χ2v) is 9.71. The van der Waals surface area contributed by atoms with E-state index in [0.717, 1.165) is 51.9 Å². The molecule has 5 aromatic rings. The zero-order valence-electron chi connectivity index (χ0n) is 22.2. The molecular weight excluding hydrogens is 504 g/mol. The van der Waals surface area contributed by atoms with Crippen LogP contribution in [0.1, 0.15) is 26.2 Å². The Labute approximate surface area is 232 Å². The highest BCUT2D eigenvalue weighted by Gasteiger charge is 2.19. The molecule has 202 valence electrons. The number of hydrogen-bond acceptors (Lipinski definition) is 7. The maximum Gasteiger partial charge on any atom is 0.258 e. The number of nitrogens with zero attached hydrogens (tertiary/aromatic N) is 3. The number of fused-ring (bicyclic) bond motifs is 1. The van der Waals surface area contributed by atoms with Crippen LogP contribution in [0.15, 0.2) is 79.1 Å². The standard InChI is InChI=1S/C31H30N6O3/c1-2-39-26-13-14-28-27(16-26)31(35-24-11-9-20(10-12-24)22-17-32-33-18-22)37-30(36-28)21-5-3-8-25(15-21)40-19-29(38)34-23-6-4-7-23/h3,5,8-18,23H,2,4,6-7,19H2,1H3,(H,32,33)(H,34,38)(H,35,36,37). The third-order valence-electron chi connectivity index (χ3n) is 6.89. The van der Waals surface area contributed by atoms with Crippen molar-refractivity contribution in [3.05, 3.63) is 79.1 Å². The van der Waals surface area contributed by atoms with Gasteiger partial charge in [-0.15, -0.1) is 0 Å². The highest BCUT2D eigenvalue weighted by Crippen LogP contribution is 2.32. The number of amides is 1. The lowest BCUT2D eigenvalue weighted by atomic mass is 9.93. The van der Waals surface area contributed by atoms with Gasteiger partial charge in [-0.1, -0.05) is 24.3 Å². The summed E-state index contributed by atoms with van der Waals surface area (Å²) < 4.78 is 11.5. The first-order valence-corrected chi connectivity index (χ1v) is 13.5. The van der Waals surface area contributed by atoms with E-state index in [1.54, 1.807) is 6.20 Å². The quantitative estimate of drug-likeness (QED) is 0.205. The van der Waals surface area contributed by atoms with Crippen LogP contribution in [-0.4, -0.2) is 45.3 Å². The maximum atomic E-state index is 12.2. The largest absolute Gasteiger partial charge is 0.494 e. The molecule has 1 fully saturated rings. The first kappa shape index (κ1) is 25.4. The Hall–Kier alpha value is -4.92. The normalized spacial score (nSPS) is 13.0. The van der Waals surface area contributed by atoms with Crippen molar-refractivity contribution in [1.29, 1.82) is 0 Å². The van der Waals surface area contributed by atoms with E-state index in [9.17, 15) is 4.79 Å². The summed E-state index contributed by atoms with van der Waals surface area (Å²) in [6.07, 6.45) is 6.90. The number of rotatable bonds is 10. The molecule has 0 saturated heterocycles. The summed E-state index contributed by atoms with van der Waals surface area (Å²) in [5, 5.41) is 14.2. The zero-order valence-corrected chi connectivity index (χ0v) is 22.2. The molecule has 9 heteroatoms. The molecule has 2 aromatic heterocycles. The molecule has 0 bridgehead atoms. The van der Waals surface area contributed by atoms with Gasteiger partial charge in [-0.3, -0.25) is 9.89 Å². The molecule has 0 aliphatic heterocycles. The molecular formula is C31H30N6O3. The average molecular weight is 535 g/mol. The molecule has 1 aliphatic rings. The minimum Gasteiger partial charge on any atom is -0.494 e. The van der Waals surface area contributed by atoms with Crippen LogP contribution in [0.5, 0.6) is 11.5 Å². The summed E-state index contributed by atoms with van der Waals surface area (Å²) >= 11 is 0. The van der Waals surface area contributed by atoms with E-state index in [2.05, 4.69) is 20.8 Å². The molecule has 3 aromatic carbocycles. The van der Waals surface area contributed by atoms with E-state index in [1.807, 2.05) is 79.9 Å². The van der Waals surface area contributed by atoms with E-state index in [-0.39, 0.29) is 18.6 Å². The monoisotopic (exact) mass is 534 g/mol. The van der Waals surface area contributed by atoms with Crippen molar-refractivity contribution in [1.82, 2.24) is 25.5 Å². The summed E-state index contributed by atoms with van der Waals surface area (Å²) in [6, 6.07) is 21.6. The smallest absolute Gasteiger partial charge is 0.258 e. The number of carbonyl (C=O) groups is 1. The van der Waals surface area contributed by atoms with Crippen LogP contribution in [0.4, 0.5) is 11.5 Å². The van der Waals surface area contributed by atoms with Crippen LogP contribution in [-0.2, 0) is 4.79 Å². The van der Waals surface area contributed by atoms with Crippen LogP contribution in [0.2, 0.25) is 0 Å². The molecule has 0 radical (unpaired) electrons. The van der Waals surface area contributed by atoms with Gasteiger partial charge in [-0.25, -0.2) is 9.97 Å². The Balaban J connectivity index is 1.29. The third kappa shape index (κ3) is 5.73. The Kier molecular flexibility index (Phi) is 7.26. The molecule has 0 atom stereocenters. The number of anilines is 2. The van der Waals surface area contributed by atoms with E-state index in [4.69, 9.17) is 19.4 Å². The van der Waals surface area contributed by atoms with Crippen LogP contribution in [0, 0.1) is 0 Å². The van der Waals surface area contributed by atoms with Gasteiger partial charge >= 0.3 is 0 Å². The highest BCUT2D eigenvalue weighted by molar-refractivity contribution is 5.93. The zero-order chi connectivity index (χ0) is 27.3. The van der Waals surface area contributed by atoms with Crippen LogP contribution >= 0.6 is 0 Å². The summed E-state index contributed by atoms with van der Waals surface area (Å²) in [4.78, 5) is 22.0. The Morgan fingerprint density at radius 1 is 0.950 bits per heavy atom. The molecule has 3 N–H and O–H groups in total. The lowest BCUT2D eigenvalue weighted by Gasteiger charge is -2.26. The fourth-order valence-corrected chi connectivity index (χ4v) is 4.58. The summed E-state index contributed by atoms with van der Waals surface area (Å²) in [6.45, 7) is 2.49. The van der Waals surface area contributed by atoms with Crippen LogP contribution < -0.4 is 20.1 Å². The predicted octanol–water partition coefficient (Wildman–Crippen LogP) is 5.88. The molecule has 9 nitrogen and oxygen atoms in total. The molecule has 1 amide bonds. The number of ether oxygens (including phenoxy) is 2. The van der Waals surface area contributed by atoms with Crippen molar-refractivity contribution in [3.8, 4) is 34.0 Å². The van der Waals surface area contributed by atoms with E-state index in [0.29, 0.717) is 24.0 Å². The predicted molar refractivity (Wildman–Crippen MR) is 155 cm³/mol. The lowest BCUT2D eigenvalue weighted by Crippen LogP contribution is -2.41. The molecule has 0 unspecified atom stereocenters. The number of aromatic amines is 1. The van der Waals surface area contributed by atoms with Crippen molar-refractivity contribution in [2.24, 2.45) is 0 Å². The topological polar surface area (TPSA) is 114 Å². The van der Waals surface area contributed by atoms with E-state index < -0.39 is 0 Å². The van der Waals surface area contributed by atoms with Gasteiger partial charge in [0.1, 0.15) is 17.3 Å². The van der Waals surface area contributed by atoms with Gasteiger partial charge in [0, 0.05) is 34.4 Å². The fraction of sp³-hybridized carbons (Fsp3) is 0.226. The maximum absolute atomic E-state index is 12.2. The van der Waals surface area contributed by atoms with Gasteiger partial charge in [0.15, 0.2) is 12.4 Å². The van der Waals surface area contributed by atoms with Gasteiger partial charge in [0.05, 0.1) is 18.3 Å². The first-order chi connectivity index (χ1) is 19.6. The molecule has 2 heterocycles. The summed E-state index contributed by atoms with van der Waals surface area (Å²) in [5.74, 6) is 2.43. The Morgan fingerprint density at radius 3 is 2.55 bits per heavy atom. The second-order valence-electron chi connectivity index (χ2n) is 9.71. The van der Waals surface area contributed by atoms with Crippen LogP contribution in [0.25, 0.3) is 33.4 Å². The molecule has 40 heavy (non-hydrogen) atoms. The average Bonchev–Trinajstić information content (AvgIpc) is 3.50. The Morgan fingerprint density at radius 2 is 1.80 bits per heavy atom. The van der Waals surface area contributed by atoms with E-state index in [1.165, 1.54) is 6.42 Å². The molecule has 1 saturated carbocycles. The number of hydrogen-bond donors (Lipinski definition) is 3. The first-order valence-electron chi connectivity index (χ1n) is 13.5. The van der Waals surface area contributed by atoms with Crippen LogP contribution in [0.3, 0.4) is 0 Å². The van der Waals surface area contributed by atoms with Crippen molar-refractivity contribution in [2.45, 2.75) is 32.2 Å². The second kappa shape index (κ2) is 11.4. The lowest BCUT2D eigenvalue weighted by molar-refractivity contribution is -0.124. The van der Waals surface area contributed by atoms with Crippen molar-refractivity contribution < 1.29 is 14.3 Å². The van der Waals surface area contributed by atoms with Crippen molar-refractivity contribution >= 4 is 28.3 Å². The number of nitrogens with one attached hydrogen (secondary N) is 3. The summed E-state index contributed by atoms with van der Waals surface area (Å²) in [7, 11) is 0. The van der Waals surface area contributed by atoms with E-state index >= 15 is 0 Å². The SMILES string of the molecule is CCOc1ccc2nc(-c3cccc(OCC(=O)NC4CCC4)c3)nc(Nc3ccc(-c4cn[nH]c4)cc3)c2c1. The molecule has 1 aliphatic carbocycles. The highest BCUT2D eigenvalue weighted by atomic mass is 16.5. The van der Waals surface area contributed by atoms with Gasteiger partial charge in [-0.2, -0.15) is 5.10 Å². The number of benzene rings is 3. The third-order valence-corrected chi connectivity index (χ3v) is 6.89. The number of aromatic nitrogens is 4. The van der Waals surface area contributed by atoms with Gasteiger partial charge in [-0.05, 0) is 74.2 Å². The number of carbonyl (C=O) groups excluding carboxylic acids is 1. The summed E-state index contributed by atoms with van der Waals surface area (Å²) in [5.41, 5.74) is 4.52. The van der Waals surface area contributed by atoms with Crippen molar-refractivity contribution in [3.63, 3.8) is 0 Å². The molecule has 0 spiro atoms. The minimum absolute atomic E-state index is 0.0274. The minimum atomic E-state index is -0.104. The molecule has 6 rings (SSSR count). The van der Waals surface area contributed by atoms with Gasteiger partial charge in [0.2, 0.25) is 0 Å². The van der Waals surface area contributed by atoms with Gasteiger partial charge < -0.3 is 20.1 Å². The fourth-order valence-electron chi connectivity index (χ4n) is 4.58. The number of H-pyrrole nitrogens is 1. The Bertz CT molecular complexity index is 1610.